The lowest BCUT2D eigenvalue weighted by Crippen LogP contribution is -2.48. The second-order valence-electron chi connectivity index (χ2n) is 6.26. The van der Waals surface area contributed by atoms with Crippen molar-refractivity contribution in [2.45, 2.75) is 32.6 Å². The van der Waals surface area contributed by atoms with Gasteiger partial charge in [0, 0.05) is 19.5 Å². The second-order valence-corrected chi connectivity index (χ2v) is 8.49. The van der Waals surface area contributed by atoms with Gasteiger partial charge in [-0.05, 0) is 32.1 Å². The Kier molecular flexibility index (Phi) is 4.09. The van der Waals surface area contributed by atoms with Crippen LogP contribution in [0.2, 0.25) is 0 Å². The van der Waals surface area contributed by atoms with Gasteiger partial charge in [-0.3, -0.25) is 9.59 Å². The van der Waals surface area contributed by atoms with E-state index in [2.05, 4.69) is 0 Å². The zero-order valence-corrected chi connectivity index (χ0v) is 12.5. The van der Waals surface area contributed by atoms with Crippen molar-refractivity contribution < 1.29 is 23.1 Å². The molecule has 1 amide bonds. The van der Waals surface area contributed by atoms with E-state index in [0.717, 1.165) is 0 Å². The molecule has 114 valence electrons. The largest absolute Gasteiger partial charge is 0.481 e. The lowest BCUT2D eigenvalue weighted by Gasteiger charge is -2.37. The minimum atomic E-state index is -2.97. The molecule has 2 unspecified atom stereocenters. The maximum atomic E-state index is 12.2. The molecule has 7 heteroatoms. The molecule has 2 saturated heterocycles. The molecule has 2 atom stereocenters. The van der Waals surface area contributed by atoms with Crippen molar-refractivity contribution in [2.75, 3.05) is 24.6 Å². The van der Waals surface area contributed by atoms with E-state index in [1.165, 1.54) is 0 Å². The minimum absolute atomic E-state index is 0.0861. The molecule has 0 aliphatic carbocycles. The molecule has 0 aromatic heterocycles. The SMILES string of the molecule is CC1(C(=O)O)CCCN(C(=O)CC2CCS(=O)(=O)C2)C1. The van der Waals surface area contributed by atoms with E-state index < -0.39 is 21.2 Å². The molecule has 2 aliphatic heterocycles. The van der Waals surface area contributed by atoms with Gasteiger partial charge in [-0.2, -0.15) is 0 Å². The second kappa shape index (κ2) is 5.35. The number of carbonyl (C=O) groups is 2. The third kappa shape index (κ3) is 3.31. The van der Waals surface area contributed by atoms with Crippen LogP contribution in [0.5, 0.6) is 0 Å². The van der Waals surface area contributed by atoms with Crippen LogP contribution < -0.4 is 0 Å². The average molecular weight is 303 g/mol. The topological polar surface area (TPSA) is 91.8 Å². The summed E-state index contributed by atoms with van der Waals surface area (Å²) in [6.07, 6.45) is 2.01. The number of carboxylic acids is 1. The number of carbonyl (C=O) groups excluding carboxylic acids is 1. The number of piperidine rings is 1. The quantitative estimate of drug-likeness (QED) is 0.821. The molecule has 2 rings (SSSR count). The van der Waals surface area contributed by atoms with Crippen LogP contribution in [-0.2, 0) is 19.4 Å². The van der Waals surface area contributed by atoms with Crippen molar-refractivity contribution in [1.82, 2.24) is 4.90 Å². The van der Waals surface area contributed by atoms with Crippen molar-refractivity contribution in [3.63, 3.8) is 0 Å². The molecular weight excluding hydrogens is 282 g/mol. The van der Waals surface area contributed by atoms with Crippen molar-refractivity contribution in [1.29, 1.82) is 0 Å². The summed E-state index contributed by atoms with van der Waals surface area (Å²) < 4.78 is 22.8. The van der Waals surface area contributed by atoms with E-state index >= 15 is 0 Å². The standard InChI is InChI=1S/C13H21NO5S/c1-13(12(16)17)4-2-5-14(9-13)11(15)7-10-3-6-20(18,19)8-10/h10H,2-9H2,1H3,(H,16,17). The molecule has 1 N–H and O–H groups in total. The molecule has 0 aromatic rings. The Morgan fingerprint density at radius 3 is 2.65 bits per heavy atom. The van der Waals surface area contributed by atoms with Crippen LogP contribution in [0.3, 0.4) is 0 Å². The van der Waals surface area contributed by atoms with E-state index in [-0.39, 0.29) is 36.3 Å². The fourth-order valence-electron chi connectivity index (χ4n) is 3.04. The van der Waals surface area contributed by atoms with Gasteiger partial charge >= 0.3 is 5.97 Å². The van der Waals surface area contributed by atoms with Crippen LogP contribution in [0.15, 0.2) is 0 Å². The first kappa shape index (κ1) is 15.3. The molecule has 2 heterocycles. The molecule has 0 saturated carbocycles. The van der Waals surface area contributed by atoms with Gasteiger partial charge in [0.05, 0.1) is 16.9 Å². The van der Waals surface area contributed by atoms with Gasteiger partial charge in [0.15, 0.2) is 9.84 Å². The Balaban J connectivity index is 1.94. The van der Waals surface area contributed by atoms with E-state index in [9.17, 15) is 23.1 Å². The number of nitrogens with zero attached hydrogens (tertiary/aromatic N) is 1. The summed E-state index contributed by atoms with van der Waals surface area (Å²) in [4.78, 5) is 25.1. The number of amides is 1. The first-order valence-electron chi connectivity index (χ1n) is 6.93. The summed E-state index contributed by atoms with van der Waals surface area (Å²) in [6, 6.07) is 0. The number of hydrogen-bond acceptors (Lipinski definition) is 4. The Morgan fingerprint density at radius 2 is 2.10 bits per heavy atom. The number of carboxylic acid groups (broad SMARTS) is 1. The van der Waals surface area contributed by atoms with Crippen molar-refractivity contribution in [2.24, 2.45) is 11.3 Å². The normalized spacial score (nSPS) is 33.0. The number of likely N-dealkylation sites (tertiary alicyclic amines) is 1. The Labute approximate surface area is 119 Å². The van der Waals surface area contributed by atoms with Crippen LogP contribution in [0.25, 0.3) is 0 Å². The minimum Gasteiger partial charge on any atom is -0.481 e. The summed E-state index contributed by atoms with van der Waals surface area (Å²) in [7, 11) is -2.97. The van der Waals surface area contributed by atoms with E-state index in [1.807, 2.05) is 0 Å². The van der Waals surface area contributed by atoms with Gasteiger partial charge in [0.1, 0.15) is 0 Å². The molecule has 6 nitrogen and oxygen atoms in total. The zero-order chi connectivity index (χ0) is 15.0. The molecule has 0 spiro atoms. The third-order valence-electron chi connectivity index (χ3n) is 4.36. The summed E-state index contributed by atoms with van der Waals surface area (Å²) in [5.74, 6) is -0.844. The number of hydrogen-bond donors (Lipinski definition) is 1. The summed E-state index contributed by atoms with van der Waals surface area (Å²) in [5, 5.41) is 9.23. The van der Waals surface area contributed by atoms with Gasteiger partial charge in [-0.1, -0.05) is 0 Å². The predicted octanol–water partition coefficient (Wildman–Crippen LogP) is 0.524. The van der Waals surface area contributed by atoms with Gasteiger partial charge in [0.25, 0.3) is 0 Å². The molecule has 0 radical (unpaired) electrons. The maximum Gasteiger partial charge on any atom is 0.311 e. The van der Waals surface area contributed by atoms with Crippen LogP contribution in [-0.4, -0.2) is 54.9 Å². The monoisotopic (exact) mass is 303 g/mol. The Morgan fingerprint density at radius 1 is 1.40 bits per heavy atom. The third-order valence-corrected chi connectivity index (χ3v) is 6.19. The van der Waals surface area contributed by atoms with Crippen LogP contribution in [0, 0.1) is 11.3 Å². The van der Waals surface area contributed by atoms with E-state index in [0.29, 0.717) is 25.8 Å². The Hall–Kier alpha value is -1.11. The highest BCUT2D eigenvalue weighted by atomic mass is 32.2. The predicted molar refractivity (Wildman–Crippen MR) is 72.9 cm³/mol. The van der Waals surface area contributed by atoms with Crippen LogP contribution >= 0.6 is 0 Å². The number of rotatable bonds is 3. The molecular formula is C13H21NO5S. The van der Waals surface area contributed by atoms with Gasteiger partial charge < -0.3 is 10.0 Å². The Bertz CT molecular complexity index is 515. The molecule has 20 heavy (non-hydrogen) atoms. The first-order chi connectivity index (χ1) is 9.22. The highest BCUT2D eigenvalue weighted by Gasteiger charge is 2.40. The van der Waals surface area contributed by atoms with Crippen molar-refractivity contribution in [3.8, 4) is 0 Å². The highest BCUT2D eigenvalue weighted by Crippen LogP contribution is 2.31. The summed E-state index contributed by atoms with van der Waals surface area (Å²) >= 11 is 0. The van der Waals surface area contributed by atoms with Crippen molar-refractivity contribution >= 4 is 21.7 Å². The maximum absolute atomic E-state index is 12.2. The summed E-state index contributed by atoms with van der Waals surface area (Å²) in [6.45, 7) is 2.45. The zero-order valence-electron chi connectivity index (χ0n) is 11.7. The summed E-state index contributed by atoms with van der Waals surface area (Å²) in [5.41, 5.74) is -0.879. The lowest BCUT2D eigenvalue weighted by molar-refractivity contribution is -0.153. The van der Waals surface area contributed by atoms with Gasteiger partial charge in [0.2, 0.25) is 5.91 Å². The fraction of sp³-hybridized carbons (Fsp3) is 0.846. The molecule has 0 aromatic carbocycles. The van der Waals surface area contributed by atoms with Gasteiger partial charge in [-0.25, -0.2) is 8.42 Å². The average Bonchev–Trinajstić information content (AvgIpc) is 2.68. The molecule has 0 bridgehead atoms. The number of sulfone groups is 1. The van der Waals surface area contributed by atoms with E-state index in [4.69, 9.17) is 0 Å². The first-order valence-corrected chi connectivity index (χ1v) is 8.76. The van der Waals surface area contributed by atoms with Crippen molar-refractivity contribution in [3.05, 3.63) is 0 Å². The van der Waals surface area contributed by atoms with E-state index in [1.54, 1.807) is 11.8 Å². The molecule has 2 aliphatic rings. The number of aliphatic carboxylic acids is 1. The highest BCUT2D eigenvalue weighted by molar-refractivity contribution is 7.91. The van der Waals surface area contributed by atoms with Crippen LogP contribution in [0.4, 0.5) is 0 Å². The fourth-order valence-corrected chi connectivity index (χ4v) is 4.90. The van der Waals surface area contributed by atoms with Gasteiger partial charge in [-0.15, -0.1) is 0 Å². The molecule has 2 fully saturated rings. The smallest absolute Gasteiger partial charge is 0.311 e. The lowest BCUT2D eigenvalue weighted by atomic mass is 9.82. The van der Waals surface area contributed by atoms with Crippen LogP contribution in [0.1, 0.15) is 32.6 Å².